The summed E-state index contributed by atoms with van der Waals surface area (Å²) in [5.41, 5.74) is 1.01. The van der Waals surface area contributed by atoms with Crippen LogP contribution in [0.2, 0.25) is 0 Å². The number of benzene rings is 2. The standard InChI is InChI=1S/C13H12O6.C9H8O4.C4H6O3.H2O4S/c1-8(14)18-11-5-3-10(4-6-13(16)17)7-12(11)19-9(2)15;10-7-3-1-6(5-8(7)11)2-4-9(12)13;1-3(5)7-4(2)6;1-5(2,3)4/h3-7H,1-2H3,(H,16,17);1-5,10-11H,(H,12,13);1-2H3;(H2,1,2,3,4)/b6-4+;4-2+;;. The second-order valence-corrected chi connectivity index (χ2v) is 8.41. The molecule has 0 radical (unpaired) electrons. The lowest BCUT2D eigenvalue weighted by atomic mass is 10.2. The Morgan fingerprint density at radius 1 is 0.614 bits per heavy atom. The highest BCUT2D eigenvalue weighted by Gasteiger charge is 2.10. The first-order chi connectivity index (χ1) is 20.1. The van der Waals surface area contributed by atoms with Gasteiger partial charge in [-0.15, -0.1) is 0 Å². The van der Waals surface area contributed by atoms with E-state index in [0.717, 1.165) is 12.2 Å². The number of carbonyl (C=O) groups excluding carboxylic acids is 4. The lowest BCUT2D eigenvalue weighted by Crippen LogP contribution is -2.07. The number of esters is 4. The van der Waals surface area contributed by atoms with E-state index in [-0.39, 0.29) is 23.0 Å². The van der Waals surface area contributed by atoms with Crippen LogP contribution >= 0.6 is 0 Å². The van der Waals surface area contributed by atoms with Crippen molar-refractivity contribution in [2.24, 2.45) is 0 Å². The molecule has 0 aliphatic heterocycles. The predicted octanol–water partition coefficient (Wildman–Crippen LogP) is 2.27. The molecule has 0 saturated carbocycles. The maximum atomic E-state index is 11.0. The molecule has 0 unspecified atom stereocenters. The van der Waals surface area contributed by atoms with Gasteiger partial charge in [-0.2, -0.15) is 8.42 Å². The summed E-state index contributed by atoms with van der Waals surface area (Å²) in [5.74, 6) is -4.77. The summed E-state index contributed by atoms with van der Waals surface area (Å²) in [6, 6.07) is 8.41. The van der Waals surface area contributed by atoms with Crippen molar-refractivity contribution >= 4 is 58.4 Å². The Bertz CT molecular complexity index is 1480. The zero-order valence-corrected chi connectivity index (χ0v) is 24.2. The van der Waals surface area contributed by atoms with Crippen molar-refractivity contribution in [2.75, 3.05) is 0 Å². The van der Waals surface area contributed by atoms with Crippen molar-refractivity contribution in [1.29, 1.82) is 0 Å². The molecule has 0 saturated heterocycles. The normalized spacial score (nSPS) is 10.0. The first-order valence-electron chi connectivity index (χ1n) is 11.3. The van der Waals surface area contributed by atoms with Crippen molar-refractivity contribution in [1.82, 2.24) is 0 Å². The summed E-state index contributed by atoms with van der Waals surface area (Å²) in [4.78, 5) is 62.0. The van der Waals surface area contributed by atoms with Crippen molar-refractivity contribution in [2.45, 2.75) is 27.7 Å². The fraction of sp³-hybridized carbons (Fsp3) is 0.154. The number of carboxylic acid groups (broad SMARTS) is 2. The van der Waals surface area contributed by atoms with Crippen LogP contribution < -0.4 is 9.47 Å². The lowest BCUT2D eigenvalue weighted by Gasteiger charge is -2.09. The highest BCUT2D eigenvalue weighted by atomic mass is 32.3. The zero-order chi connectivity index (χ0) is 34.6. The molecule has 0 amide bonds. The Balaban J connectivity index is 0. The number of ether oxygens (including phenoxy) is 3. The molecule has 0 atom stereocenters. The molecule has 0 fully saturated rings. The summed E-state index contributed by atoms with van der Waals surface area (Å²) in [6.07, 6.45) is 4.54. The van der Waals surface area contributed by atoms with Crippen molar-refractivity contribution in [3.63, 3.8) is 0 Å². The molecule has 0 spiro atoms. The Kier molecular flexibility index (Phi) is 18.7. The second-order valence-electron chi connectivity index (χ2n) is 7.52. The summed E-state index contributed by atoms with van der Waals surface area (Å²) >= 11 is 0. The third kappa shape index (κ3) is 25.4. The molecule has 0 aliphatic rings. The molecule has 2 rings (SSSR count). The van der Waals surface area contributed by atoms with Crippen molar-refractivity contribution in [3.05, 3.63) is 59.7 Å². The van der Waals surface area contributed by atoms with Crippen LogP contribution in [0.4, 0.5) is 0 Å². The summed E-state index contributed by atoms with van der Waals surface area (Å²) < 4.78 is 45.3. The fourth-order valence-corrected chi connectivity index (χ4v) is 2.28. The zero-order valence-electron chi connectivity index (χ0n) is 23.4. The number of hydrogen-bond acceptors (Lipinski definition) is 13. The summed E-state index contributed by atoms with van der Waals surface area (Å²) in [5, 5.41) is 34.8. The van der Waals surface area contributed by atoms with Crippen LogP contribution in [-0.2, 0) is 43.9 Å². The number of rotatable bonds is 6. The topological polar surface area (TPSA) is 286 Å². The van der Waals surface area contributed by atoms with Gasteiger partial charge in [0.1, 0.15) is 0 Å². The van der Waals surface area contributed by atoms with Crippen LogP contribution in [0, 0.1) is 0 Å². The van der Waals surface area contributed by atoms with Gasteiger partial charge in [0.2, 0.25) is 0 Å². The van der Waals surface area contributed by atoms with E-state index >= 15 is 0 Å². The number of aliphatic carboxylic acids is 2. The number of phenols is 2. The largest absolute Gasteiger partial charge is 0.504 e. The number of carbonyl (C=O) groups is 6. The minimum atomic E-state index is -4.67. The average Bonchev–Trinajstić information content (AvgIpc) is 2.83. The Morgan fingerprint density at radius 3 is 1.34 bits per heavy atom. The van der Waals surface area contributed by atoms with E-state index in [9.17, 15) is 28.8 Å². The van der Waals surface area contributed by atoms with Gasteiger partial charge < -0.3 is 34.6 Å². The van der Waals surface area contributed by atoms with E-state index in [1.807, 2.05) is 0 Å². The quantitative estimate of drug-likeness (QED) is 0.0656. The third-order valence-corrected chi connectivity index (χ3v) is 3.60. The van der Waals surface area contributed by atoms with E-state index in [0.29, 0.717) is 11.1 Å². The van der Waals surface area contributed by atoms with E-state index in [4.69, 9.17) is 47.4 Å². The molecule has 44 heavy (non-hydrogen) atoms. The third-order valence-electron chi connectivity index (χ3n) is 3.60. The van der Waals surface area contributed by atoms with Gasteiger partial charge in [-0.3, -0.25) is 28.3 Å². The maximum absolute atomic E-state index is 11.0. The second kappa shape index (κ2) is 20.3. The van der Waals surface area contributed by atoms with Crippen LogP contribution in [-0.4, -0.2) is 73.8 Å². The number of carboxylic acids is 2. The molecule has 17 nitrogen and oxygen atoms in total. The summed E-state index contributed by atoms with van der Waals surface area (Å²) in [7, 11) is -4.67. The van der Waals surface area contributed by atoms with Gasteiger partial charge in [0, 0.05) is 39.8 Å². The fourth-order valence-electron chi connectivity index (χ4n) is 2.28. The first kappa shape index (κ1) is 40.5. The van der Waals surface area contributed by atoms with Gasteiger partial charge in [-0.1, -0.05) is 12.1 Å². The predicted molar refractivity (Wildman–Crippen MR) is 149 cm³/mol. The molecule has 6 N–H and O–H groups in total. The van der Waals surface area contributed by atoms with Crippen LogP contribution in [0.1, 0.15) is 38.8 Å². The molecule has 2 aromatic rings. The van der Waals surface area contributed by atoms with E-state index < -0.39 is 46.2 Å². The van der Waals surface area contributed by atoms with Crippen LogP contribution in [0.3, 0.4) is 0 Å². The SMILES string of the molecule is CC(=O)OC(C)=O.CC(=O)Oc1ccc(/C=C/C(=O)O)cc1OC(C)=O.O=C(O)/C=C/c1ccc(O)c(O)c1.O=S(=O)(O)O. The lowest BCUT2D eigenvalue weighted by molar-refractivity contribution is -0.156. The molecule has 0 bridgehead atoms. The van der Waals surface area contributed by atoms with Gasteiger partial charge in [0.05, 0.1) is 0 Å². The molecule has 18 heteroatoms. The van der Waals surface area contributed by atoms with Gasteiger partial charge in [-0.25, -0.2) is 9.59 Å². The monoisotopic (exact) mass is 644 g/mol. The number of hydrogen-bond donors (Lipinski definition) is 6. The smallest absolute Gasteiger partial charge is 0.394 e. The Labute approximate surface area is 249 Å². The van der Waals surface area contributed by atoms with Gasteiger partial charge in [0.15, 0.2) is 23.0 Å². The number of aromatic hydroxyl groups is 2. The van der Waals surface area contributed by atoms with E-state index in [1.54, 1.807) is 0 Å². The molecule has 0 aliphatic carbocycles. The first-order valence-corrected chi connectivity index (χ1v) is 12.7. The summed E-state index contributed by atoms with van der Waals surface area (Å²) in [6.45, 7) is 4.79. The maximum Gasteiger partial charge on any atom is 0.394 e. The van der Waals surface area contributed by atoms with Gasteiger partial charge in [-0.05, 0) is 47.5 Å². The Morgan fingerprint density at radius 2 is 1.00 bits per heavy atom. The van der Waals surface area contributed by atoms with Crippen LogP contribution in [0.25, 0.3) is 12.2 Å². The van der Waals surface area contributed by atoms with Crippen LogP contribution in [0.15, 0.2) is 48.6 Å². The van der Waals surface area contributed by atoms with Crippen molar-refractivity contribution < 1.29 is 80.9 Å². The van der Waals surface area contributed by atoms with Gasteiger partial charge in [0.25, 0.3) is 0 Å². The van der Waals surface area contributed by atoms with Crippen molar-refractivity contribution in [3.8, 4) is 23.0 Å². The molecular formula is C26H28O17S. The minimum absolute atomic E-state index is 0.0511. The molecule has 240 valence electrons. The highest BCUT2D eigenvalue weighted by molar-refractivity contribution is 7.79. The van der Waals surface area contributed by atoms with Crippen LogP contribution in [0.5, 0.6) is 23.0 Å². The van der Waals surface area contributed by atoms with E-state index in [2.05, 4.69) is 4.74 Å². The minimum Gasteiger partial charge on any atom is -0.504 e. The number of phenolic OH excluding ortho intramolecular Hbond substituents is 2. The Hall–Kier alpha value is -5.59. The highest BCUT2D eigenvalue weighted by Crippen LogP contribution is 2.29. The molecule has 0 heterocycles. The van der Waals surface area contributed by atoms with E-state index in [1.165, 1.54) is 76.2 Å². The van der Waals surface area contributed by atoms with Gasteiger partial charge >= 0.3 is 46.2 Å². The molecule has 0 aromatic heterocycles. The molecular weight excluding hydrogens is 616 g/mol. The average molecular weight is 645 g/mol. The molecule has 2 aromatic carbocycles.